The van der Waals surface area contributed by atoms with Gasteiger partial charge in [0.25, 0.3) is 0 Å². The molecule has 3 atom stereocenters. The number of nitrogens with zero attached hydrogens (tertiary/aromatic N) is 1. The molecule has 0 aromatic heterocycles. The molecule has 1 N–H and O–H groups in total. The monoisotopic (exact) mass is 294 g/mol. The van der Waals surface area contributed by atoms with E-state index in [0.29, 0.717) is 16.9 Å². The summed E-state index contributed by atoms with van der Waals surface area (Å²) >= 11 is 0. The van der Waals surface area contributed by atoms with E-state index >= 15 is 0 Å². The third-order valence-corrected chi connectivity index (χ3v) is 6.82. The Morgan fingerprint density at radius 2 is 1.76 bits per heavy atom. The largest absolute Gasteiger partial charge is 0.315 e. The van der Waals surface area contributed by atoms with Crippen molar-refractivity contribution in [3.63, 3.8) is 0 Å². The zero-order valence-corrected chi connectivity index (χ0v) is 15.3. The van der Waals surface area contributed by atoms with E-state index < -0.39 is 0 Å². The summed E-state index contributed by atoms with van der Waals surface area (Å²) in [6.45, 7) is 14.8. The van der Waals surface area contributed by atoms with Gasteiger partial charge >= 0.3 is 0 Å². The van der Waals surface area contributed by atoms with Crippen LogP contribution in [-0.2, 0) is 0 Å². The summed E-state index contributed by atoms with van der Waals surface area (Å²) in [4.78, 5) is 2.81. The molecular weight excluding hydrogens is 256 g/mol. The number of rotatable bonds is 4. The van der Waals surface area contributed by atoms with Crippen molar-refractivity contribution in [2.45, 2.75) is 85.2 Å². The van der Waals surface area contributed by atoms with Crippen molar-refractivity contribution in [2.24, 2.45) is 16.7 Å². The number of nitrogens with one attached hydrogen (secondary N) is 1. The number of hydrogen-bond donors (Lipinski definition) is 1. The number of piperidine rings is 1. The van der Waals surface area contributed by atoms with E-state index in [0.717, 1.165) is 12.0 Å². The Balaban J connectivity index is 2.04. The summed E-state index contributed by atoms with van der Waals surface area (Å²) in [7, 11) is 2.16. The van der Waals surface area contributed by atoms with Gasteiger partial charge in [-0.2, -0.15) is 0 Å². The highest BCUT2D eigenvalue weighted by molar-refractivity contribution is 4.96. The van der Waals surface area contributed by atoms with Gasteiger partial charge in [-0.15, -0.1) is 0 Å². The van der Waals surface area contributed by atoms with Gasteiger partial charge in [0.05, 0.1) is 0 Å². The topological polar surface area (TPSA) is 15.3 Å². The van der Waals surface area contributed by atoms with Gasteiger partial charge in [0, 0.05) is 12.1 Å². The van der Waals surface area contributed by atoms with Gasteiger partial charge in [-0.1, -0.05) is 41.0 Å². The van der Waals surface area contributed by atoms with E-state index in [-0.39, 0.29) is 0 Å². The molecule has 2 fully saturated rings. The van der Waals surface area contributed by atoms with Gasteiger partial charge in [-0.25, -0.2) is 0 Å². The smallest absolute Gasteiger partial charge is 0.0252 e. The Morgan fingerprint density at radius 3 is 2.29 bits per heavy atom. The van der Waals surface area contributed by atoms with Crippen LogP contribution in [0.5, 0.6) is 0 Å². The van der Waals surface area contributed by atoms with Crippen molar-refractivity contribution in [2.75, 3.05) is 20.1 Å². The fourth-order valence-electron chi connectivity index (χ4n) is 4.35. The summed E-state index contributed by atoms with van der Waals surface area (Å²) in [6, 6.07) is 1.46. The molecule has 0 bridgehead atoms. The molecule has 1 saturated carbocycles. The lowest BCUT2D eigenvalue weighted by molar-refractivity contribution is 0.0207. The second kappa shape index (κ2) is 6.58. The highest BCUT2D eigenvalue weighted by atomic mass is 15.2. The molecule has 1 aliphatic heterocycles. The van der Waals surface area contributed by atoms with Crippen molar-refractivity contribution < 1.29 is 0 Å². The Bertz CT molecular complexity index is 324. The SMILES string of the molecule is CCC(C)(C)C1CCC(NC)C(N2CCC(C)(C)CC2)C1. The molecule has 2 nitrogen and oxygen atoms in total. The molecule has 1 aliphatic carbocycles. The lowest BCUT2D eigenvalue weighted by atomic mass is 9.67. The van der Waals surface area contributed by atoms with Crippen molar-refractivity contribution in [1.29, 1.82) is 0 Å². The Kier molecular flexibility index (Phi) is 5.41. The molecule has 2 rings (SSSR count). The Labute approximate surface area is 133 Å². The first kappa shape index (κ1) is 17.3. The second-order valence-corrected chi connectivity index (χ2v) is 9.01. The van der Waals surface area contributed by atoms with Crippen molar-refractivity contribution in [3.8, 4) is 0 Å². The summed E-state index contributed by atoms with van der Waals surface area (Å²) in [5.74, 6) is 0.895. The fraction of sp³-hybridized carbons (Fsp3) is 1.00. The maximum Gasteiger partial charge on any atom is 0.0252 e. The minimum absolute atomic E-state index is 0.506. The van der Waals surface area contributed by atoms with Crippen LogP contribution in [0.2, 0.25) is 0 Å². The lowest BCUT2D eigenvalue weighted by Crippen LogP contribution is -2.56. The minimum Gasteiger partial charge on any atom is -0.315 e. The predicted molar refractivity (Wildman–Crippen MR) is 92.6 cm³/mol. The fourth-order valence-corrected chi connectivity index (χ4v) is 4.35. The third kappa shape index (κ3) is 4.01. The van der Waals surface area contributed by atoms with Gasteiger partial charge in [0.15, 0.2) is 0 Å². The number of likely N-dealkylation sites (tertiary alicyclic amines) is 1. The molecule has 2 aliphatic rings. The maximum atomic E-state index is 3.62. The van der Waals surface area contributed by atoms with Crippen LogP contribution in [0, 0.1) is 16.7 Å². The molecule has 0 aromatic rings. The first-order chi connectivity index (χ1) is 9.79. The van der Waals surface area contributed by atoms with Crippen LogP contribution >= 0.6 is 0 Å². The quantitative estimate of drug-likeness (QED) is 0.831. The second-order valence-electron chi connectivity index (χ2n) is 9.01. The molecule has 1 saturated heterocycles. The normalized spacial score (nSPS) is 34.9. The molecule has 0 aromatic carbocycles. The maximum absolute atomic E-state index is 3.62. The van der Waals surface area contributed by atoms with Crippen LogP contribution in [0.4, 0.5) is 0 Å². The lowest BCUT2D eigenvalue weighted by Gasteiger charge is -2.49. The predicted octanol–water partition coefficient (Wildman–Crippen LogP) is 4.30. The Hall–Kier alpha value is -0.0800. The standard InChI is InChI=1S/C19H38N2/c1-7-19(4,5)15-8-9-16(20-6)17(14-15)21-12-10-18(2,3)11-13-21/h15-17,20H,7-14H2,1-6H3. The van der Waals surface area contributed by atoms with Crippen molar-refractivity contribution in [3.05, 3.63) is 0 Å². The minimum atomic E-state index is 0.506. The van der Waals surface area contributed by atoms with E-state index in [2.05, 4.69) is 51.9 Å². The van der Waals surface area contributed by atoms with E-state index in [1.165, 1.54) is 51.6 Å². The first-order valence-electron chi connectivity index (χ1n) is 9.20. The summed E-state index contributed by atoms with van der Waals surface area (Å²) in [5.41, 5.74) is 1.06. The summed E-state index contributed by atoms with van der Waals surface area (Å²) in [5, 5.41) is 3.62. The van der Waals surface area contributed by atoms with Crippen LogP contribution in [0.1, 0.15) is 73.1 Å². The Morgan fingerprint density at radius 1 is 1.14 bits per heavy atom. The van der Waals surface area contributed by atoms with Gasteiger partial charge in [0.2, 0.25) is 0 Å². The van der Waals surface area contributed by atoms with Crippen LogP contribution in [-0.4, -0.2) is 37.1 Å². The molecule has 0 spiro atoms. The third-order valence-electron chi connectivity index (χ3n) is 6.82. The highest BCUT2D eigenvalue weighted by Crippen LogP contribution is 2.43. The summed E-state index contributed by atoms with van der Waals surface area (Å²) < 4.78 is 0. The highest BCUT2D eigenvalue weighted by Gasteiger charge is 2.40. The van der Waals surface area contributed by atoms with Crippen LogP contribution in [0.15, 0.2) is 0 Å². The van der Waals surface area contributed by atoms with Gasteiger partial charge in [-0.05, 0) is 69.0 Å². The molecule has 21 heavy (non-hydrogen) atoms. The number of hydrogen-bond acceptors (Lipinski definition) is 2. The van der Waals surface area contributed by atoms with E-state index in [1.807, 2.05) is 0 Å². The van der Waals surface area contributed by atoms with Gasteiger partial charge in [0.1, 0.15) is 0 Å². The molecular formula is C19H38N2. The van der Waals surface area contributed by atoms with Crippen molar-refractivity contribution >= 4 is 0 Å². The first-order valence-corrected chi connectivity index (χ1v) is 9.20. The van der Waals surface area contributed by atoms with Crippen LogP contribution < -0.4 is 5.32 Å². The molecule has 2 heteroatoms. The van der Waals surface area contributed by atoms with Crippen molar-refractivity contribution in [1.82, 2.24) is 10.2 Å². The average molecular weight is 295 g/mol. The van der Waals surface area contributed by atoms with Crippen LogP contribution in [0.25, 0.3) is 0 Å². The van der Waals surface area contributed by atoms with Crippen LogP contribution in [0.3, 0.4) is 0 Å². The number of likely N-dealkylation sites (N-methyl/N-ethyl adjacent to an activating group) is 1. The van der Waals surface area contributed by atoms with E-state index in [9.17, 15) is 0 Å². The van der Waals surface area contributed by atoms with Gasteiger partial charge < -0.3 is 5.32 Å². The average Bonchev–Trinajstić information content (AvgIpc) is 2.46. The molecule has 124 valence electrons. The van der Waals surface area contributed by atoms with Gasteiger partial charge in [-0.3, -0.25) is 4.90 Å². The van der Waals surface area contributed by atoms with E-state index in [1.54, 1.807) is 0 Å². The zero-order chi connectivity index (χ0) is 15.7. The molecule has 1 heterocycles. The molecule has 0 radical (unpaired) electrons. The molecule has 0 amide bonds. The zero-order valence-electron chi connectivity index (χ0n) is 15.3. The molecule has 3 unspecified atom stereocenters. The summed E-state index contributed by atoms with van der Waals surface area (Å²) in [6.07, 6.45) is 8.19. The van der Waals surface area contributed by atoms with E-state index in [4.69, 9.17) is 0 Å².